The molecule has 8 aromatic rings. The Morgan fingerprint density at radius 3 is 2.12 bits per heavy atom. The van der Waals surface area contributed by atoms with Crippen LogP contribution >= 0.6 is 0 Å². The van der Waals surface area contributed by atoms with Gasteiger partial charge in [-0.1, -0.05) is 135 Å². The molecule has 3 heteroatoms. The summed E-state index contributed by atoms with van der Waals surface area (Å²) in [7, 11) is 0. The van der Waals surface area contributed by atoms with Crippen LogP contribution in [0.25, 0.3) is 44.2 Å². The first-order valence-electron chi connectivity index (χ1n) is 21.3. The van der Waals surface area contributed by atoms with Crippen LogP contribution in [0.15, 0.2) is 198 Å². The maximum absolute atomic E-state index is 6.62. The third kappa shape index (κ3) is 5.35. The van der Waals surface area contributed by atoms with Gasteiger partial charge in [0.25, 0.3) is 0 Å². The van der Waals surface area contributed by atoms with Crippen molar-refractivity contribution in [2.75, 3.05) is 9.80 Å². The lowest BCUT2D eigenvalue weighted by atomic mass is 9.82. The molecule has 0 bridgehead atoms. The maximum Gasteiger partial charge on any atom is 0.143 e. The Morgan fingerprint density at radius 1 is 0.617 bits per heavy atom. The molecule has 0 amide bonds. The molecule has 0 saturated heterocycles. The van der Waals surface area contributed by atoms with Crippen molar-refractivity contribution >= 4 is 61.5 Å². The third-order valence-corrected chi connectivity index (χ3v) is 13.5. The largest absolute Gasteiger partial charge is 0.455 e. The van der Waals surface area contributed by atoms with Crippen LogP contribution in [-0.2, 0) is 5.41 Å². The molecule has 12 rings (SSSR count). The van der Waals surface area contributed by atoms with E-state index in [4.69, 9.17) is 4.42 Å². The molecule has 3 nitrogen and oxygen atoms in total. The van der Waals surface area contributed by atoms with Crippen LogP contribution in [0.5, 0.6) is 0 Å². The van der Waals surface area contributed by atoms with Crippen molar-refractivity contribution in [2.24, 2.45) is 0 Å². The van der Waals surface area contributed by atoms with Gasteiger partial charge in [-0.15, -0.1) is 0 Å². The van der Waals surface area contributed by atoms with E-state index in [0.717, 1.165) is 47.5 Å². The molecule has 4 aliphatic rings. The predicted octanol–water partition coefficient (Wildman–Crippen LogP) is 15.7. The topological polar surface area (TPSA) is 19.6 Å². The molecule has 1 aromatic heterocycles. The second-order valence-electron chi connectivity index (χ2n) is 17.2. The van der Waals surface area contributed by atoms with Crippen molar-refractivity contribution in [3.63, 3.8) is 0 Å². The molecule has 2 heterocycles. The van der Waals surface area contributed by atoms with Gasteiger partial charge in [0, 0.05) is 61.8 Å². The van der Waals surface area contributed by atoms with Crippen LogP contribution in [-0.4, -0.2) is 0 Å². The molecular formula is C57H44N2O. The molecule has 0 N–H and O–H groups in total. The summed E-state index contributed by atoms with van der Waals surface area (Å²) < 4.78 is 6.62. The Bertz CT molecular complexity index is 3140. The molecule has 0 saturated carbocycles. The lowest BCUT2D eigenvalue weighted by molar-refractivity contribution is 0.653. The van der Waals surface area contributed by atoms with Crippen LogP contribution in [0.4, 0.5) is 28.4 Å². The van der Waals surface area contributed by atoms with Gasteiger partial charge >= 0.3 is 0 Å². The van der Waals surface area contributed by atoms with Gasteiger partial charge in [-0.2, -0.15) is 0 Å². The number of allylic oxidation sites excluding steroid dienone is 8. The highest BCUT2D eigenvalue weighted by atomic mass is 16.3. The van der Waals surface area contributed by atoms with E-state index in [1.165, 1.54) is 77.9 Å². The SMILES string of the molecule is CC1(C)c2cc(N(c3ccc(C4=CC=CCC4)cc3)c3ccc(C4=CC=C5C(C4)c4ccccc4N5c4ccccc4)cc3)ccc2-c2c1ccc1c2oc2ccccc21. The average Bonchev–Trinajstić information content (AvgIpc) is 3.92. The molecule has 1 unspecified atom stereocenters. The summed E-state index contributed by atoms with van der Waals surface area (Å²) in [5, 5.41) is 2.34. The first-order valence-corrected chi connectivity index (χ1v) is 21.3. The van der Waals surface area contributed by atoms with E-state index < -0.39 is 0 Å². The number of anilines is 5. The Labute approximate surface area is 351 Å². The number of furan rings is 1. The number of hydrogen-bond acceptors (Lipinski definition) is 3. The van der Waals surface area contributed by atoms with Gasteiger partial charge in [-0.3, -0.25) is 0 Å². The summed E-state index contributed by atoms with van der Waals surface area (Å²) >= 11 is 0. The molecule has 1 aliphatic heterocycles. The fourth-order valence-corrected chi connectivity index (χ4v) is 10.5. The number of benzene rings is 7. The smallest absolute Gasteiger partial charge is 0.143 e. The van der Waals surface area contributed by atoms with E-state index in [1.54, 1.807) is 0 Å². The van der Waals surface area contributed by atoms with Gasteiger partial charge in [0.15, 0.2) is 0 Å². The normalized spacial score (nSPS) is 17.1. The van der Waals surface area contributed by atoms with Crippen molar-refractivity contribution in [1.29, 1.82) is 0 Å². The second kappa shape index (κ2) is 13.5. The molecule has 60 heavy (non-hydrogen) atoms. The predicted molar refractivity (Wildman–Crippen MR) is 251 cm³/mol. The lowest BCUT2D eigenvalue weighted by Crippen LogP contribution is -2.16. The van der Waals surface area contributed by atoms with Gasteiger partial charge in [-0.25, -0.2) is 0 Å². The van der Waals surface area contributed by atoms with Crippen molar-refractivity contribution in [3.05, 3.63) is 222 Å². The van der Waals surface area contributed by atoms with Crippen molar-refractivity contribution in [3.8, 4) is 11.1 Å². The molecule has 0 fully saturated rings. The van der Waals surface area contributed by atoms with Crippen molar-refractivity contribution < 1.29 is 4.42 Å². The van der Waals surface area contributed by atoms with Crippen LogP contribution < -0.4 is 9.80 Å². The summed E-state index contributed by atoms with van der Waals surface area (Å²) in [4.78, 5) is 4.87. The van der Waals surface area contributed by atoms with Gasteiger partial charge in [0.1, 0.15) is 11.2 Å². The molecule has 0 spiro atoms. The standard InChI is InChI=1S/C57H44N2O/c1-57(2)50-33-32-47-46-18-10-12-20-54(46)60-56(47)55(50)48-31-30-44(36-51(48)57)58(42-26-21-38(22-27-42)37-13-5-3-6-14-37)43-28-23-39(24-29-43)40-25-34-53-49(35-40)45-17-9-11-19-52(45)59(53)41-15-7-4-8-16-41/h3-5,7-13,15-34,36,49H,6,14,35H2,1-2H3. The number of fused-ring (bicyclic) bond motifs is 10. The minimum Gasteiger partial charge on any atom is -0.455 e. The summed E-state index contributed by atoms with van der Waals surface area (Å²) in [6.07, 6.45) is 14.5. The summed E-state index contributed by atoms with van der Waals surface area (Å²) in [5.74, 6) is 0.311. The minimum absolute atomic E-state index is 0.205. The highest BCUT2D eigenvalue weighted by Gasteiger charge is 2.39. The zero-order valence-electron chi connectivity index (χ0n) is 33.9. The second-order valence-corrected chi connectivity index (χ2v) is 17.2. The number of para-hydroxylation sites is 3. The molecule has 1 atom stereocenters. The zero-order chi connectivity index (χ0) is 40.0. The van der Waals surface area contributed by atoms with E-state index in [-0.39, 0.29) is 5.41 Å². The molecular weight excluding hydrogens is 729 g/mol. The Hall–Kier alpha value is -7.10. The Kier molecular flexibility index (Phi) is 7.84. The van der Waals surface area contributed by atoms with Gasteiger partial charge in [-0.05, 0) is 131 Å². The number of nitrogens with zero attached hydrogens (tertiary/aromatic N) is 2. The Balaban J connectivity index is 0.938. The van der Waals surface area contributed by atoms with Crippen LogP contribution in [0.2, 0.25) is 0 Å². The van der Waals surface area contributed by atoms with Crippen molar-refractivity contribution in [1.82, 2.24) is 0 Å². The van der Waals surface area contributed by atoms with E-state index in [9.17, 15) is 0 Å². The fraction of sp³-hybridized carbons (Fsp3) is 0.123. The maximum atomic E-state index is 6.62. The first kappa shape index (κ1) is 34.9. The molecule has 7 aromatic carbocycles. The fourth-order valence-electron chi connectivity index (χ4n) is 10.5. The van der Waals surface area contributed by atoms with Gasteiger partial charge in [0.2, 0.25) is 0 Å². The van der Waals surface area contributed by atoms with Crippen LogP contribution in [0, 0.1) is 0 Å². The van der Waals surface area contributed by atoms with Crippen LogP contribution in [0.3, 0.4) is 0 Å². The number of rotatable bonds is 6. The van der Waals surface area contributed by atoms with Crippen LogP contribution in [0.1, 0.15) is 66.8 Å². The number of hydrogen-bond donors (Lipinski definition) is 0. The van der Waals surface area contributed by atoms with E-state index in [1.807, 2.05) is 0 Å². The highest BCUT2D eigenvalue weighted by molar-refractivity contribution is 6.12. The molecule has 3 aliphatic carbocycles. The van der Waals surface area contributed by atoms with Gasteiger partial charge in [0.05, 0.1) is 0 Å². The minimum atomic E-state index is -0.205. The van der Waals surface area contributed by atoms with Crippen molar-refractivity contribution in [2.45, 2.75) is 44.4 Å². The lowest BCUT2D eigenvalue weighted by Gasteiger charge is -2.29. The molecule has 288 valence electrons. The first-order chi connectivity index (χ1) is 29.5. The highest BCUT2D eigenvalue weighted by Crippen LogP contribution is 2.55. The van der Waals surface area contributed by atoms with Gasteiger partial charge < -0.3 is 14.2 Å². The Morgan fingerprint density at radius 2 is 1.33 bits per heavy atom. The third-order valence-electron chi connectivity index (χ3n) is 13.5. The van der Waals surface area contributed by atoms with E-state index >= 15 is 0 Å². The quantitative estimate of drug-likeness (QED) is 0.168. The monoisotopic (exact) mass is 772 g/mol. The average molecular weight is 773 g/mol. The summed E-state index contributed by atoms with van der Waals surface area (Å²) in [5.41, 5.74) is 20.8. The summed E-state index contributed by atoms with van der Waals surface area (Å²) in [6.45, 7) is 4.71. The molecule has 0 radical (unpaired) electrons. The zero-order valence-corrected chi connectivity index (χ0v) is 33.9. The van der Waals surface area contributed by atoms with E-state index in [0.29, 0.717) is 5.92 Å². The summed E-state index contributed by atoms with van der Waals surface area (Å²) in [6, 6.07) is 58.1. The van der Waals surface area contributed by atoms with E-state index in [2.05, 4.69) is 212 Å².